The fourth-order valence-electron chi connectivity index (χ4n) is 0.846. The van der Waals surface area contributed by atoms with Crippen molar-refractivity contribution in [3.63, 3.8) is 0 Å². The highest BCUT2D eigenvalue weighted by atomic mass is 16.4. The zero-order valence-corrected chi connectivity index (χ0v) is 6.57. The molecule has 4 heteroatoms. The predicted octanol–water partition coefficient (Wildman–Crippen LogP) is 0.294. The lowest BCUT2D eigenvalue weighted by atomic mass is 9.76. The average Bonchev–Trinajstić information content (AvgIpc) is 2.04. The minimum Gasteiger partial charge on any atom is -0.423 e. The van der Waals surface area contributed by atoms with Gasteiger partial charge in [-0.05, 0) is 23.2 Å². The van der Waals surface area contributed by atoms with Crippen molar-refractivity contribution < 1.29 is 10.0 Å². The Labute approximate surface area is 71.3 Å². The Balaban J connectivity index is 2.90. The van der Waals surface area contributed by atoms with Gasteiger partial charge >= 0.3 is 7.12 Å². The van der Waals surface area contributed by atoms with Crippen molar-refractivity contribution in [3.8, 4) is 0 Å². The summed E-state index contributed by atoms with van der Waals surface area (Å²) in [5, 5.41) is 17.5. The minimum atomic E-state index is -1.51. The quantitative estimate of drug-likeness (QED) is 0.433. The van der Waals surface area contributed by atoms with Crippen LogP contribution >= 0.6 is 0 Å². The first-order valence-corrected chi connectivity index (χ1v) is 3.52. The van der Waals surface area contributed by atoms with Crippen molar-refractivity contribution in [2.45, 2.75) is 0 Å². The molecule has 3 nitrogen and oxygen atoms in total. The van der Waals surface area contributed by atoms with Gasteiger partial charge in [-0.25, -0.2) is 0 Å². The summed E-state index contributed by atoms with van der Waals surface area (Å²) in [5.41, 5.74) is 7.04. The van der Waals surface area contributed by atoms with E-state index in [-0.39, 0.29) is 5.47 Å². The van der Waals surface area contributed by atoms with Gasteiger partial charge in [0.1, 0.15) is 0 Å². The summed E-state index contributed by atoms with van der Waals surface area (Å²) in [5.74, 6) is 0. The summed E-state index contributed by atoms with van der Waals surface area (Å²) in [6.07, 6.45) is 0. The first kappa shape index (κ1) is 8.84. The summed E-state index contributed by atoms with van der Waals surface area (Å²) in [7, 11) is -1.51. The van der Waals surface area contributed by atoms with Crippen LogP contribution in [0, 0.1) is 0 Å². The van der Waals surface area contributed by atoms with Gasteiger partial charge in [0.15, 0.2) is 0 Å². The molecule has 0 amide bonds. The van der Waals surface area contributed by atoms with Gasteiger partial charge in [-0.2, -0.15) is 0 Å². The number of rotatable bonds is 2. The number of hydrogen-bond acceptors (Lipinski definition) is 3. The number of benzene rings is 1. The number of nitrogens with two attached hydrogens (primary N) is 1. The summed E-state index contributed by atoms with van der Waals surface area (Å²) >= 11 is 0. The summed E-state index contributed by atoms with van der Waals surface area (Å²) in [4.78, 5) is 0. The van der Waals surface area contributed by atoms with Crippen molar-refractivity contribution in [3.05, 3.63) is 36.4 Å². The third kappa shape index (κ3) is 1.87. The van der Waals surface area contributed by atoms with Gasteiger partial charge in [0, 0.05) is 5.69 Å². The average molecular weight is 163 g/mol. The van der Waals surface area contributed by atoms with Crippen LogP contribution in [0.15, 0.2) is 30.8 Å². The second-order valence-electron chi connectivity index (χ2n) is 2.52. The van der Waals surface area contributed by atoms with Gasteiger partial charge in [-0.1, -0.05) is 18.7 Å². The van der Waals surface area contributed by atoms with E-state index in [4.69, 9.17) is 15.8 Å². The molecule has 1 aromatic carbocycles. The van der Waals surface area contributed by atoms with Crippen LogP contribution in [-0.4, -0.2) is 17.2 Å². The van der Waals surface area contributed by atoms with E-state index in [1.807, 2.05) is 0 Å². The molecule has 0 aliphatic rings. The molecule has 0 heterocycles. The van der Waals surface area contributed by atoms with Crippen LogP contribution in [0.3, 0.4) is 0 Å². The second kappa shape index (κ2) is 3.43. The molecular weight excluding hydrogens is 153 g/mol. The molecule has 0 saturated carbocycles. The summed E-state index contributed by atoms with van der Waals surface area (Å²) < 4.78 is 0. The van der Waals surface area contributed by atoms with Gasteiger partial charge in [0.05, 0.1) is 0 Å². The maximum Gasteiger partial charge on any atom is 0.488 e. The molecule has 0 radical (unpaired) electrons. The Kier molecular flexibility index (Phi) is 2.52. The van der Waals surface area contributed by atoms with Crippen LogP contribution in [0.4, 0.5) is 5.69 Å². The fraction of sp³-hybridized carbons (Fsp3) is 0. The largest absolute Gasteiger partial charge is 0.488 e. The van der Waals surface area contributed by atoms with Gasteiger partial charge in [-0.15, -0.1) is 0 Å². The van der Waals surface area contributed by atoms with Gasteiger partial charge in [-0.3, -0.25) is 0 Å². The predicted molar refractivity (Wildman–Crippen MR) is 50.1 cm³/mol. The van der Waals surface area contributed by atoms with Crippen molar-refractivity contribution in [2.75, 3.05) is 5.73 Å². The highest BCUT2D eigenvalue weighted by molar-refractivity contribution is 6.65. The third-order valence-corrected chi connectivity index (χ3v) is 1.59. The maximum atomic E-state index is 8.77. The Bertz CT molecular complexity index is 282. The molecule has 12 heavy (non-hydrogen) atoms. The second-order valence-corrected chi connectivity index (χ2v) is 2.52. The summed E-state index contributed by atoms with van der Waals surface area (Å²) in [6, 6.07) is 6.75. The molecule has 0 aromatic heterocycles. The third-order valence-electron chi connectivity index (χ3n) is 1.59. The van der Waals surface area contributed by atoms with E-state index in [2.05, 4.69) is 6.58 Å². The van der Waals surface area contributed by atoms with Crippen LogP contribution in [0.25, 0.3) is 5.47 Å². The molecule has 0 bridgehead atoms. The highest BCUT2D eigenvalue weighted by Gasteiger charge is 2.13. The van der Waals surface area contributed by atoms with Gasteiger partial charge < -0.3 is 15.8 Å². The van der Waals surface area contributed by atoms with Crippen LogP contribution < -0.4 is 5.73 Å². The molecule has 0 spiro atoms. The number of nitrogen functional groups attached to an aromatic ring is 1. The molecule has 0 atom stereocenters. The molecule has 0 fully saturated rings. The van der Waals surface area contributed by atoms with Crippen LogP contribution in [0.2, 0.25) is 0 Å². The lowest BCUT2D eigenvalue weighted by Crippen LogP contribution is -2.13. The van der Waals surface area contributed by atoms with Crippen LogP contribution in [0.5, 0.6) is 0 Å². The number of anilines is 1. The fourth-order valence-corrected chi connectivity index (χ4v) is 0.846. The minimum absolute atomic E-state index is 0.273. The molecule has 1 aromatic rings. The van der Waals surface area contributed by atoms with E-state index < -0.39 is 7.12 Å². The highest BCUT2D eigenvalue weighted by Crippen LogP contribution is 2.14. The maximum absolute atomic E-state index is 8.77. The molecule has 1 rings (SSSR count). The topological polar surface area (TPSA) is 66.5 Å². The van der Waals surface area contributed by atoms with Crippen LogP contribution in [0.1, 0.15) is 5.56 Å². The van der Waals surface area contributed by atoms with E-state index in [1.165, 1.54) is 0 Å². The SMILES string of the molecule is C=C(B(O)O)c1ccc(N)cc1. The first-order chi connectivity index (χ1) is 5.61. The van der Waals surface area contributed by atoms with Crippen LogP contribution in [-0.2, 0) is 0 Å². The zero-order chi connectivity index (χ0) is 9.14. The molecular formula is C8H10BNO2. The Morgan fingerprint density at radius 2 is 1.75 bits per heavy atom. The van der Waals surface area contributed by atoms with Crippen molar-refractivity contribution in [2.24, 2.45) is 0 Å². The van der Waals surface area contributed by atoms with Crippen molar-refractivity contribution >= 4 is 18.3 Å². The van der Waals surface area contributed by atoms with Crippen molar-refractivity contribution in [1.29, 1.82) is 0 Å². The van der Waals surface area contributed by atoms with Gasteiger partial charge in [0.25, 0.3) is 0 Å². The van der Waals surface area contributed by atoms with E-state index >= 15 is 0 Å². The van der Waals surface area contributed by atoms with E-state index in [1.54, 1.807) is 24.3 Å². The standard InChI is InChI=1S/C8H10BNO2/c1-6(9(11)12)7-2-4-8(10)5-3-7/h2-5,11-12H,1,10H2. The van der Waals surface area contributed by atoms with Gasteiger partial charge in [0.2, 0.25) is 0 Å². The normalized spacial score (nSPS) is 9.50. The lowest BCUT2D eigenvalue weighted by Gasteiger charge is -2.03. The Morgan fingerprint density at radius 1 is 1.25 bits per heavy atom. The Hall–Kier alpha value is -1.26. The monoisotopic (exact) mass is 163 g/mol. The Morgan fingerprint density at radius 3 is 2.17 bits per heavy atom. The molecule has 0 aliphatic heterocycles. The molecule has 4 N–H and O–H groups in total. The molecule has 0 aliphatic carbocycles. The zero-order valence-electron chi connectivity index (χ0n) is 6.57. The summed E-state index contributed by atoms with van der Waals surface area (Å²) in [6.45, 7) is 3.51. The van der Waals surface area contributed by atoms with E-state index in [0.29, 0.717) is 11.3 Å². The van der Waals surface area contributed by atoms with E-state index in [9.17, 15) is 0 Å². The van der Waals surface area contributed by atoms with Crippen molar-refractivity contribution in [1.82, 2.24) is 0 Å². The number of hydrogen-bond donors (Lipinski definition) is 3. The lowest BCUT2D eigenvalue weighted by molar-refractivity contribution is 0.427. The molecule has 0 unspecified atom stereocenters. The first-order valence-electron chi connectivity index (χ1n) is 3.52. The molecule has 62 valence electrons. The molecule has 0 saturated heterocycles. The van der Waals surface area contributed by atoms with E-state index in [0.717, 1.165) is 0 Å². The smallest absolute Gasteiger partial charge is 0.423 e.